The van der Waals surface area contributed by atoms with E-state index in [1.165, 1.54) is 0 Å². The van der Waals surface area contributed by atoms with E-state index in [1.807, 2.05) is 24.4 Å². The molecule has 1 heterocycles. The van der Waals surface area contributed by atoms with Gasteiger partial charge in [-0.1, -0.05) is 30.3 Å². The first-order chi connectivity index (χ1) is 10.2. The minimum Gasteiger partial charge on any atom is -0.480 e. The number of rotatable bonds is 8. The summed E-state index contributed by atoms with van der Waals surface area (Å²) in [5, 5.41) is 16.6. The van der Waals surface area contributed by atoms with Gasteiger partial charge in [0.15, 0.2) is 0 Å². The molecule has 1 aromatic carbocycles. The molecule has 0 saturated carbocycles. The van der Waals surface area contributed by atoms with Gasteiger partial charge in [-0.25, -0.2) is 0 Å². The molecule has 6 nitrogen and oxygen atoms in total. The van der Waals surface area contributed by atoms with Crippen LogP contribution in [0.4, 0.5) is 0 Å². The van der Waals surface area contributed by atoms with E-state index in [2.05, 4.69) is 10.4 Å². The maximum Gasteiger partial charge on any atom is 0.325 e. The lowest BCUT2D eigenvalue weighted by atomic mass is 10.1. The average Bonchev–Trinajstić information content (AvgIpc) is 2.94. The van der Waals surface area contributed by atoms with E-state index in [1.54, 1.807) is 30.1 Å². The van der Waals surface area contributed by atoms with Crippen LogP contribution in [0.25, 0.3) is 0 Å². The number of aromatic nitrogens is 2. The summed E-state index contributed by atoms with van der Waals surface area (Å²) in [5.74, 6) is -0.895. The Labute approximate surface area is 123 Å². The van der Waals surface area contributed by atoms with Gasteiger partial charge < -0.3 is 9.84 Å². The number of carboxylic acid groups (broad SMARTS) is 1. The Balaban J connectivity index is 1.96. The molecule has 0 amide bonds. The first-order valence-electron chi connectivity index (χ1n) is 6.72. The summed E-state index contributed by atoms with van der Waals surface area (Å²) in [5.41, 5.74) is 1.67. The van der Waals surface area contributed by atoms with Crippen molar-refractivity contribution in [3.63, 3.8) is 0 Å². The van der Waals surface area contributed by atoms with E-state index in [4.69, 9.17) is 4.74 Å². The molecular formula is C15H19N3O3. The molecule has 0 spiro atoms. The fourth-order valence-electron chi connectivity index (χ4n) is 2.02. The lowest BCUT2D eigenvalue weighted by Crippen LogP contribution is -2.27. The van der Waals surface area contributed by atoms with Crippen LogP contribution in [0.1, 0.15) is 17.2 Å². The van der Waals surface area contributed by atoms with Gasteiger partial charge in [0.25, 0.3) is 0 Å². The molecule has 0 bridgehead atoms. The second-order valence-corrected chi connectivity index (χ2v) is 4.67. The van der Waals surface area contributed by atoms with Crippen molar-refractivity contribution in [2.45, 2.75) is 19.1 Å². The van der Waals surface area contributed by atoms with Crippen molar-refractivity contribution in [2.24, 2.45) is 0 Å². The zero-order valence-electron chi connectivity index (χ0n) is 11.9. The van der Waals surface area contributed by atoms with Crippen molar-refractivity contribution in [3.05, 3.63) is 53.9 Å². The molecule has 0 unspecified atom stereocenters. The van der Waals surface area contributed by atoms with Gasteiger partial charge >= 0.3 is 5.97 Å². The second-order valence-electron chi connectivity index (χ2n) is 4.67. The lowest BCUT2D eigenvalue weighted by molar-refractivity contribution is -0.139. The molecule has 21 heavy (non-hydrogen) atoms. The number of nitrogens with one attached hydrogen (secondary N) is 1. The van der Waals surface area contributed by atoms with Gasteiger partial charge in [-0.2, -0.15) is 5.10 Å². The third kappa shape index (κ3) is 4.40. The maximum absolute atomic E-state index is 11.4. The van der Waals surface area contributed by atoms with Crippen molar-refractivity contribution in [1.29, 1.82) is 0 Å². The van der Waals surface area contributed by atoms with Crippen LogP contribution >= 0.6 is 0 Å². The number of methoxy groups -OCH3 is 1. The Hall–Kier alpha value is -2.18. The highest BCUT2D eigenvalue weighted by atomic mass is 16.5. The zero-order chi connectivity index (χ0) is 15.1. The van der Waals surface area contributed by atoms with Gasteiger partial charge in [0.05, 0.1) is 19.3 Å². The van der Waals surface area contributed by atoms with Crippen LogP contribution in [0.2, 0.25) is 0 Å². The third-order valence-electron chi connectivity index (χ3n) is 3.10. The Morgan fingerprint density at radius 2 is 2.19 bits per heavy atom. The van der Waals surface area contributed by atoms with E-state index in [-0.39, 0.29) is 0 Å². The van der Waals surface area contributed by atoms with Crippen molar-refractivity contribution >= 4 is 5.97 Å². The molecule has 0 fully saturated rings. The van der Waals surface area contributed by atoms with E-state index < -0.39 is 12.0 Å². The highest BCUT2D eigenvalue weighted by Crippen LogP contribution is 2.13. The summed E-state index contributed by atoms with van der Waals surface area (Å²) in [6.07, 6.45) is 3.61. The Morgan fingerprint density at radius 1 is 1.43 bits per heavy atom. The molecule has 0 aliphatic rings. The number of benzene rings is 1. The summed E-state index contributed by atoms with van der Waals surface area (Å²) >= 11 is 0. The number of carbonyl (C=O) groups is 1. The predicted octanol–water partition coefficient (Wildman–Crippen LogP) is 1.44. The SMILES string of the molecule is COCCn1cc(CN[C@@H](C(=O)O)c2ccccc2)cn1. The molecular weight excluding hydrogens is 270 g/mol. The predicted molar refractivity (Wildman–Crippen MR) is 77.8 cm³/mol. The molecule has 1 atom stereocenters. The second kappa shape index (κ2) is 7.56. The van der Waals surface area contributed by atoms with E-state index in [9.17, 15) is 9.90 Å². The van der Waals surface area contributed by atoms with Crippen molar-refractivity contribution in [1.82, 2.24) is 15.1 Å². The number of ether oxygens (including phenoxy) is 1. The van der Waals surface area contributed by atoms with Gasteiger partial charge in [0.1, 0.15) is 6.04 Å². The molecule has 0 radical (unpaired) electrons. The number of nitrogens with zero attached hydrogens (tertiary/aromatic N) is 2. The largest absolute Gasteiger partial charge is 0.480 e. The minimum absolute atomic E-state index is 0.443. The molecule has 6 heteroatoms. The van der Waals surface area contributed by atoms with Crippen LogP contribution in [0, 0.1) is 0 Å². The summed E-state index contributed by atoms with van der Waals surface area (Å²) in [6, 6.07) is 8.39. The van der Waals surface area contributed by atoms with Gasteiger partial charge in [-0.3, -0.25) is 14.8 Å². The van der Waals surface area contributed by atoms with Crippen molar-refractivity contribution in [2.75, 3.05) is 13.7 Å². The van der Waals surface area contributed by atoms with Crippen LogP contribution < -0.4 is 5.32 Å². The topological polar surface area (TPSA) is 76.4 Å². The first-order valence-corrected chi connectivity index (χ1v) is 6.72. The molecule has 1 aromatic heterocycles. The van der Waals surface area contributed by atoms with Gasteiger partial charge in [-0.15, -0.1) is 0 Å². The van der Waals surface area contributed by atoms with Crippen molar-refractivity contribution < 1.29 is 14.6 Å². The first kappa shape index (κ1) is 15.2. The van der Waals surface area contributed by atoms with Crippen molar-refractivity contribution in [3.8, 4) is 0 Å². The maximum atomic E-state index is 11.4. The van der Waals surface area contributed by atoms with Crippen LogP contribution in [-0.2, 0) is 22.6 Å². The van der Waals surface area contributed by atoms with E-state index >= 15 is 0 Å². The number of hydrogen-bond donors (Lipinski definition) is 2. The van der Waals surface area contributed by atoms with Gasteiger partial charge in [-0.05, 0) is 5.56 Å². The fraction of sp³-hybridized carbons (Fsp3) is 0.333. The standard InChI is InChI=1S/C15H19N3O3/c1-21-8-7-18-11-12(10-17-18)9-16-14(15(19)20)13-5-3-2-4-6-13/h2-6,10-11,14,16H,7-9H2,1H3,(H,19,20)/t14-/m1/s1. The minimum atomic E-state index is -0.895. The number of aliphatic carboxylic acids is 1. The van der Waals surface area contributed by atoms with E-state index in [0.29, 0.717) is 19.7 Å². The number of hydrogen-bond acceptors (Lipinski definition) is 4. The fourth-order valence-corrected chi connectivity index (χ4v) is 2.02. The Bertz CT molecular complexity index is 569. The summed E-state index contributed by atoms with van der Waals surface area (Å²) in [6.45, 7) is 1.71. The smallest absolute Gasteiger partial charge is 0.325 e. The quantitative estimate of drug-likeness (QED) is 0.769. The molecule has 112 valence electrons. The summed E-state index contributed by atoms with van der Waals surface area (Å²) in [7, 11) is 1.64. The van der Waals surface area contributed by atoms with Crippen LogP contribution in [0.3, 0.4) is 0 Å². The molecule has 0 aliphatic heterocycles. The monoisotopic (exact) mass is 289 g/mol. The van der Waals surface area contributed by atoms with Crippen LogP contribution in [-0.4, -0.2) is 34.6 Å². The normalized spacial score (nSPS) is 12.2. The van der Waals surface area contributed by atoms with E-state index in [0.717, 1.165) is 11.1 Å². The van der Waals surface area contributed by atoms with Crippen LogP contribution in [0.15, 0.2) is 42.7 Å². The molecule has 0 saturated heterocycles. The average molecular weight is 289 g/mol. The third-order valence-corrected chi connectivity index (χ3v) is 3.10. The summed E-state index contributed by atoms with van der Waals surface area (Å²) < 4.78 is 6.76. The zero-order valence-corrected chi connectivity index (χ0v) is 11.9. The highest BCUT2D eigenvalue weighted by molar-refractivity contribution is 5.75. The van der Waals surface area contributed by atoms with Gasteiger partial charge in [0.2, 0.25) is 0 Å². The highest BCUT2D eigenvalue weighted by Gasteiger charge is 2.18. The molecule has 2 aromatic rings. The van der Waals surface area contributed by atoms with Gasteiger partial charge in [0, 0.05) is 25.4 Å². The summed E-state index contributed by atoms with van der Waals surface area (Å²) in [4.78, 5) is 11.4. The molecule has 2 rings (SSSR count). The molecule has 0 aliphatic carbocycles. The Kier molecular flexibility index (Phi) is 5.48. The number of carboxylic acids is 1. The Morgan fingerprint density at radius 3 is 2.86 bits per heavy atom. The molecule has 2 N–H and O–H groups in total. The lowest BCUT2D eigenvalue weighted by Gasteiger charge is -2.14. The van der Waals surface area contributed by atoms with Crippen LogP contribution in [0.5, 0.6) is 0 Å².